The van der Waals surface area contributed by atoms with Gasteiger partial charge in [-0.2, -0.15) is 8.78 Å². The second-order valence-electron chi connectivity index (χ2n) is 11.6. The van der Waals surface area contributed by atoms with E-state index in [1.54, 1.807) is 30.3 Å². The number of rotatable bonds is 11. The average molecular weight is 714 g/mol. The molecule has 4 atom stereocenters. The number of carbonyl (C=O) groups excluding carboxylic acids is 4. The number of benzene rings is 1. The first kappa shape index (κ1) is 36.3. The van der Waals surface area contributed by atoms with Gasteiger partial charge in [0.15, 0.2) is 6.17 Å². The third-order valence-corrected chi connectivity index (χ3v) is 8.31. The molecule has 4 aromatic rings. The Morgan fingerprint density at radius 3 is 2.10 bits per heavy atom. The van der Waals surface area contributed by atoms with Gasteiger partial charge in [-0.25, -0.2) is 19.3 Å². The fraction of sp³-hybridized carbons (Fsp3) is 0.364. The molecule has 0 spiro atoms. The molecule has 3 aromatic heterocycles. The van der Waals surface area contributed by atoms with E-state index >= 15 is 0 Å². The number of hydrogen-bond acceptors (Lipinski definition) is 11. The molecular formula is C33H34F3N7O8. The molecular weight excluding hydrogens is 679 g/mol. The fourth-order valence-corrected chi connectivity index (χ4v) is 5.73. The summed E-state index contributed by atoms with van der Waals surface area (Å²) in [4.78, 5) is 58.3. The number of carbonyl (C=O) groups is 4. The number of methoxy groups -OCH3 is 2. The van der Waals surface area contributed by atoms with Crippen molar-refractivity contribution in [3.05, 3.63) is 53.7 Å². The lowest BCUT2D eigenvalue weighted by atomic mass is 9.97. The van der Waals surface area contributed by atoms with Gasteiger partial charge in [-0.1, -0.05) is 19.1 Å². The predicted octanol–water partition coefficient (Wildman–Crippen LogP) is 2.22. The van der Waals surface area contributed by atoms with Crippen LogP contribution in [0, 0.1) is 5.92 Å². The van der Waals surface area contributed by atoms with Crippen molar-refractivity contribution in [3.63, 3.8) is 0 Å². The first-order valence-corrected chi connectivity index (χ1v) is 15.6. The number of para-hydroxylation sites is 1. The molecule has 6 N–H and O–H groups in total. The molecule has 0 radical (unpaired) electrons. The number of primary amides is 2. The maximum Gasteiger partial charge on any atom is 0.326 e. The first-order chi connectivity index (χ1) is 24.3. The van der Waals surface area contributed by atoms with Gasteiger partial charge in [-0.05, 0) is 30.7 Å². The summed E-state index contributed by atoms with van der Waals surface area (Å²) in [5.74, 6) is -6.50. The highest BCUT2D eigenvalue weighted by Gasteiger charge is 2.48. The Labute approximate surface area is 288 Å². The minimum Gasteiger partial charge on any atom is -0.489 e. The van der Waals surface area contributed by atoms with E-state index in [1.807, 2.05) is 6.92 Å². The minimum atomic E-state index is -3.38. The highest BCUT2D eigenvalue weighted by molar-refractivity contribution is 6.00. The van der Waals surface area contributed by atoms with Gasteiger partial charge in [-0.3, -0.25) is 19.2 Å². The van der Waals surface area contributed by atoms with Crippen LogP contribution in [0.5, 0.6) is 23.4 Å². The van der Waals surface area contributed by atoms with Crippen LogP contribution in [0.15, 0.2) is 42.6 Å². The van der Waals surface area contributed by atoms with Gasteiger partial charge in [0, 0.05) is 29.3 Å². The largest absolute Gasteiger partial charge is 0.489 e. The van der Waals surface area contributed by atoms with E-state index in [0.29, 0.717) is 34.0 Å². The molecule has 2 aliphatic rings. The molecule has 4 amide bonds. The number of pyridine rings is 3. The third kappa shape index (κ3) is 7.63. The van der Waals surface area contributed by atoms with Gasteiger partial charge < -0.3 is 41.0 Å². The summed E-state index contributed by atoms with van der Waals surface area (Å²) in [5.41, 5.74) is 11.7. The Morgan fingerprint density at radius 1 is 0.902 bits per heavy atom. The van der Waals surface area contributed by atoms with Crippen LogP contribution >= 0.6 is 0 Å². The molecule has 0 unspecified atom stereocenters. The van der Waals surface area contributed by atoms with Gasteiger partial charge in [-0.15, -0.1) is 0 Å². The lowest BCUT2D eigenvalue weighted by Crippen LogP contribution is -2.34. The molecule has 18 heteroatoms. The Bertz CT molecular complexity index is 2000. The molecule has 270 valence electrons. The molecule has 2 aliphatic heterocycles. The smallest absolute Gasteiger partial charge is 0.326 e. The van der Waals surface area contributed by atoms with E-state index in [1.165, 1.54) is 26.5 Å². The number of ether oxygens (including phenoxy) is 4. The van der Waals surface area contributed by atoms with Gasteiger partial charge in [0.05, 0.1) is 26.3 Å². The summed E-state index contributed by atoms with van der Waals surface area (Å²) in [6.45, 7) is 1.73. The zero-order chi connectivity index (χ0) is 37.0. The van der Waals surface area contributed by atoms with E-state index in [-0.39, 0.29) is 42.0 Å². The first-order valence-electron chi connectivity index (χ1n) is 15.6. The molecule has 5 heterocycles. The van der Waals surface area contributed by atoms with Crippen molar-refractivity contribution in [1.29, 1.82) is 0 Å². The maximum atomic E-state index is 13.9. The summed E-state index contributed by atoms with van der Waals surface area (Å²) in [6.07, 6.45) is -0.158. The lowest BCUT2D eigenvalue weighted by molar-refractivity contribution is -0.139. The van der Waals surface area contributed by atoms with Crippen molar-refractivity contribution in [2.24, 2.45) is 17.4 Å². The Morgan fingerprint density at radius 2 is 1.53 bits per heavy atom. The molecule has 0 saturated carbocycles. The SMILES string of the molecule is CC[C@@H]1[C@H](F)C(=O)N[C@@H]1COc1nccc2cc(C(N)=O)c(OC)nc12.COc1nc2c(OC[C@@H]3CC(F)(F)C(=O)N3)cccc2cc1C(N)=O. The van der Waals surface area contributed by atoms with Crippen LogP contribution in [-0.4, -0.2) is 90.2 Å². The number of nitrogens with two attached hydrogens (primary N) is 2. The summed E-state index contributed by atoms with van der Waals surface area (Å²) < 4.78 is 61.8. The van der Waals surface area contributed by atoms with Crippen LogP contribution in [0.4, 0.5) is 13.2 Å². The van der Waals surface area contributed by atoms with Crippen LogP contribution in [-0.2, 0) is 9.59 Å². The lowest BCUT2D eigenvalue weighted by Gasteiger charge is -2.18. The Balaban J connectivity index is 0.000000198. The quantitative estimate of drug-likeness (QED) is 0.177. The Hall–Kier alpha value is -5.94. The minimum absolute atomic E-state index is 0.0387. The van der Waals surface area contributed by atoms with Crippen molar-refractivity contribution in [2.45, 2.75) is 43.9 Å². The fourth-order valence-electron chi connectivity index (χ4n) is 5.73. The van der Waals surface area contributed by atoms with Gasteiger partial charge in [0.25, 0.3) is 23.6 Å². The zero-order valence-electron chi connectivity index (χ0n) is 27.6. The molecule has 6 rings (SSSR count). The average Bonchev–Trinajstić information content (AvgIpc) is 3.54. The molecule has 0 aliphatic carbocycles. The van der Waals surface area contributed by atoms with Gasteiger partial charge in [0.1, 0.15) is 41.1 Å². The molecule has 15 nitrogen and oxygen atoms in total. The highest BCUT2D eigenvalue weighted by atomic mass is 19.3. The van der Waals surface area contributed by atoms with Crippen LogP contribution in [0.25, 0.3) is 21.8 Å². The number of aromatic nitrogens is 3. The van der Waals surface area contributed by atoms with Crippen LogP contribution in [0.2, 0.25) is 0 Å². The normalized spacial score (nSPS) is 20.6. The van der Waals surface area contributed by atoms with Crippen molar-refractivity contribution >= 4 is 45.4 Å². The molecule has 51 heavy (non-hydrogen) atoms. The molecule has 0 bridgehead atoms. The molecule has 2 saturated heterocycles. The topological polar surface area (TPSA) is 220 Å². The molecule has 1 aromatic carbocycles. The molecule has 2 fully saturated rings. The van der Waals surface area contributed by atoms with Crippen molar-refractivity contribution < 1.29 is 51.3 Å². The van der Waals surface area contributed by atoms with Crippen LogP contribution in [0.3, 0.4) is 0 Å². The number of halogens is 3. The van der Waals surface area contributed by atoms with E-state index in [0.717, 1.165) is 0 Å². The third-order valence-electron chi connectivity index (χ3n) is 8.31. The van der Waals surface area contributed by atoms with E-state index in [4.69, 9.17) is 30.4 Å². The van der Waals surface area contributed by atoms with E-state index in [9.17, 15) is 32.3 Å². The van der Waals surface area contributed by atoms with Crippen LogP contribution in [0.1, 0.15) is 40.5 Å². The number of alkyl halides is 3. The zero-order valence-corrected chi connectivity index (χ0v) is 27.6. The van der Waals surface area contributed by atoms with Crippen molar-refractivity contribution in [1.82, 2.24) is 25.6 Å². The standard InChI is InChI=1S/C17H19FN4O4.C16H15F2N3O4/c1-3-9-11(21-15(24)12(9)18)7-26-17-13-8(4-5-20-17)6-10(14(19)23)16(22-13)25-2;1-24-14-10(13(19)22)5-8-3-2-4-11(12(8)21-14)25-7-9-6-16(17,18)15(23)20-9/h4-6,9,11-12H,3,7H2,1-2H3,(H2,19,23)(H,21,24);2-5,9H,6-7H2,1H3,(H2,19,22)(H,20,23)/t9-,11+,12-;9-/m00/s1. The number of amides is 4. The van der Waals surface area contributed by atoms with E-state index in [2.05, 4.69) is 25.6 Å². The summed E-state index contributed by atoms with van der Waals surface area (Å²) in [6, 6.07) is 8.43. The van der Waals surface area contributed by atoms with Gasteiger partial charge >= 0.3 is 5.92 Å². The summed E-state index contributed by atoms with van der Waals surface area (Å²) >= 11 is 0. The predicted molar refractivity (Wildman–Crippen MR) is 175 cm³/mol. The van der Waals surface area contributed by atoms with Gasteiger partial charge in [0.2, 0.25) is 17.6 Å². The monoisotopic (exact) mass is 713 g/mol. The number of nitrogens with one attached hydrogen (secondary N) is 2. The number of nitrogens with zero attached hydrogens (tertiary/aromatic N) is 3. The summed E-state index contributed by atoms with van der Waals surface area (Å²) in [7, 11) is 2.72. The second kappa shape index (κ2) is 14.9. The van der Waals surface area contributed by atoms with Crippen LogP contribution < -0.4 is 41.0 Å². The van der Waals surface area contributed by atoms with Crippen molar-refractivity contribution in [2.75, 3.05) is 27.4 Å². The number of fused-ring (bicyclic) bond motifs is 2. The van der Waals surface area contributed by atoms with Crippen molar-refractivity contribution in [3.8, 4) is 23.4 Å². The summed E-state index contributed by atoms with van der Waals surface area (Å²) in [5, 5.41) is 5.96. The highest BCUT2D eigenvalue weighted by Crippen LogP contribution is 2.32. The maximum absolute atomic E-state index is 13.9. The van der Waals surface area contributed by atoms with E-state index < -0.39 is 60.1 Å². The second-order valence-corrected chi connectivity index (χ2v) is 11.6. The number of hydrogen-bond donors (Lipinski definition) is 4. The Kier molecular flexibility index (Phi) is 10.6.